The first-order valence-electron chi connectivity index (χ1n) is 7.60. The molecule has 1 fully saturated rings. The van der Waals surface area contributed by atoms with Gasteiger partial charge in [-0.3, -0.25) is 4.79 Å². The molecule has 1 heterocycles. The lowest BCUT2D eigenvalue weighted by molar-refractivity contribution is 0.0904. The zero-order chi connectivity index (χ0) is 15.3. The molecule has 0 radical (unpaired) electrons. The van der Waals surface area contributed by atoms with E-state index in [0.717, 1.165) is 12.8 Å². The summed E-state index contributed by atoms with van der Waals surface area (Å²) in [7, 11) is 0. The van der Waals surface area contributed by atoms with Gasteiger partial charge in [-0.2, -0.15) is 0 Å². The first kappa shape index (κ1) is 15.7. The number of hydrogen-bond donors (Lipinski definition) is 2. The van der Waals surface area contributed by atoms with Crippen molar-refractivity contribution in [2.45, 2.75) is 64.0 Å². The molecule has 21 heavy (non-hydrogen) atoms. The second-order valence-electron chi connectivity index (χ2n) is 6.13. The molecule has 1 aromatic rings. The van der Waals surface area contributed by atoms with E-state index in [0.29, 0.717) is 5.76 Å². The second-order valence-corrected chi connectivity index (χ2v) is 6.13. The van der Waals surface area contributed by atoms with Gasteiger partial charge in [-0.15, -0.1) is 0 Å². The highest BCUT2D eigenvalue weighted by Crippen LogP contribution is 2.18. The Labute approximate surface area is 125 Å². The Morgan fingerprint density at radius 1 is 1.29 bits per heavy atom. The molecular formula is C17H23NO3. The molecule has 0 aromatic carbocycles. The number of nitrogens with one attached hydrogen (secondary N) is 1. The Kier molecular flexibility index (Phi) is 5.08. The summed E-state index contributed by atoms with van der Waals surface area (Å²) in [5, 5.41) is 12.6. The maximum atomic E-state index is 12.1. The van der Waals surface area contributed by atoms with Crippen LogP contribution in [0.3, 0.4) is 0 Å². The van der Waals surface area contributed by atoms with Crippen LogP contribution in [0.25, 0.3) is 0 Å². The van der Waals surface area contributed by atoms with Gasteiger partial charge >= 0.3 is 0 Å². The van der Waals surface area contributed by atoms with E-state index in [4.69, 9.17) is 4.42 Å². The summed E-state index contributed by atoms with van der Waals surface area (Å²) in [5.74, 6) is 5.87. The number of carbonyl (C=O) groups is 1. The van der Waals surface area contributed by atoms with Gasteiger partial charge in [-0.25, -0.2) is 0 Å². The van der Waals surface area contributed by atoms with E-state index in [-0.39, 0.29) is 17.7 Å². The summed E-state index contributed by atoms with van der Waals surface area (Å²) in [6.07, 6.45) is 6.93. The maximum absolute atomic E-state index is 12.1. The molecule has 4 heteroatoms. The molecule has 1 amide bonds. The van der Waals surface area contributed by atoms with E-state index in [1.165, 1.54) is 25.7 Å². The maximum Gasteiger partial charge on any atom is 0.287 e. The van der Waals surface area contributed by atoms with E-state index < -0.39 is 5.60 Å². The van der Waals surface area contributed by atoms with Gasteiger partial charge < -0.3 is 14.8 Å². The minimum atomic E-state index is -1.07. The highest BCUT2D eigenvalue weighted by molar-refractivity contribution is 5.91. The Morgan fingerprint density at radius 2 is 1.95 bits per heavy atom. The van der Waals surface area contributed by atoms with Gasteiger partial charge in [0.05, 0.1) is 0 Å². The van der Waals surface area contributed by atoms with Crippen LogP contribution in [-0.2, 0) is 0 Å². The highest BCUT2D eigenvalue weighted by atomic mass is 16.3. The average Bonchev–Trinajstić information content (AvgIpc) is 2.74. The third kappa shape index (κ3) is 5.28. The van der Waals surface area contributed by atoms with Crippen molar-refractivity contribution >= 4 is 5.91 Å². The van der Waals surface area contributed by atoms with Crippen LogP contribution >= 0.6 is 0 Å². The number of amides is 1. The summed E-state index contributed by atoms with van der Waals surface area (Å²) < 4.78 is 5.42. The third-order valence-corrected chi connectivity index (χ3v) is 3.51. The van der Waals surface area contributed by atoms with E-state index in [9.17, 15) is 9.90 Å². The molecule has 114 valence electrons. The second kappa shape index (κ2) is 6.82. The number of aliphatic hydroxyl groups is 1. The van der Waals surface area contributed by atoms with Crippen LogP contribution in [0.5, 0.6) is 0 Å². The molecule has 1 saturated carbocycles. The predicted octanol–water partition coefficient (Wildman–Crippen LogP) is 2.85. The van der Waals surface area contributed by atoms with Crippen molar-refractivity contribution in [3.63, 3.8) is 0 Å². The minimum Gasteiger partial charge on any atom is -0.443 e. The lowest BCUT2D eigenvalue weighted by Crippen LogP contribution is -2.34. The smallest absolute Gasteiger partial charge is 0.287 e. The van der Waals surface area contributed by atoms with E-state index >= 15 is 0 Å². The molecule has 0 spiro atoms. The van der Waals surface area contributed by atoms with Crippen molar-refractivity contribution in [2.24, 2.45) is 0 Å². The molecule has 2 N–H and O–H groups in total. The van der Waals surface area contributed by atoms with E-state index in [2.05, 4.69) is 17.2 Å². The molecule has 2 rings (SSSR count). The van der Waals surface area contributed by atoms with E-state index in [1.54, 1.807) is 26.0 Å². The lowest BCUT2D eigenvalue weighted by Gasteiger charge is -2.14. The summed E-state index contributed by atoms with van der Waals surface area (Å²) >= 11 is 0. The molecule has 1 aliphatic rings. The van der Waals surface area contributed by atoms with Gasteiger partial charge in [0.15, 0.2) is 11.5 Å². The highest BCUT2D eigenvalue weighted by Gasteiger charge is 2.18. The van der Waals surface area contributed by atoms with Crippen LogP contribution in [0.2, 0.25) is 0 Å². The summed E-state index contributed by atoms with van der Waals surface area (Å²) in [6.45, 7) is 3.20. The molecular weight excluding hydrogens is 266 g/mol. The van der Waals surface area contributed by atoms with Gasteiger partial charge in [0.1, 0.15) is 5.60 Å². The van der Waals surface area contributed by atoms with Crippen LogP contribution in [0.4, 0.5) is 0 Å². The number of carbonyl (C=O) groups excluding carboxylic acids is 1. The van der Waals surface area contributed by atoms with Crippen molar-refractivity contribution < 1.29 is 14.3 Å². The largest absolute Gasteiger partial charge is 0.443 e. The minimum absolute atomic E-state index is 0.182. The van der Waals surface area contributed by atoms with Gasteiger partial charge in [0.25, 0.3) is 5.91 Å². The predicted molar refractivity (Wildman–Crippen MR) is 80.8 cm³/mol. The first-order chi connectivity index (χ1) is 9.94. The average molecular weight is 289 g/mol. The van der Waals surface area contributed by atoms with Gasteiger partial charge in [0, 0.05) is 6.04 Å². The number of furan rings is 1. The van der Waals surface area contributed by atoms with E-state index in [1.807, 2.05) is 0 Å². The Hall–Kier alpha value is -1.73. The SMILES string of the molecule is CC(C)(O)C#Cc1ccc(C(=O)NC2CCCCCC2)o1. The molecule has 4 nitrogen and oxygen atoms in total. The fourth-order valence-electron chi connectivity index (χ4n) is 2.42. The van der Waals surface area contributed by atoms with Crippen LogP contribution in [-0.4, -0.2) is 22.7 Å². The molecule has 0 aliphatic heterocycles. The molecule has 0 saturated heterocycles. The Bertz CT molecular complexity index is 534. The van der Waals surface area contributed by atoms with Crippen molar-refractivity contribution in [1.82, 2.24) is 5.32 Å². The molecule has 1 aliphatic carbocycles. The van der Waals surface area contributed by atoms with Gasteiger partial charge in [-0.1, -0.05) is 31.6 Å². The van der Waals surface area contributed by atoms with Crippen molar-refractivity contribution in [1.29, 1.82) is 0 Å². The zero-order valence-corrected chi connectivity index (χ0v) is 12.7. The molecule has 0 atom stereocenters. The monoisotopic (exact) mass is 289 g/mol. The Morgan fingerprint density at radius 3 is 2.57 bits per heavy atom. The molecule has 0 unspecified atom stereocenters. The third-order valence-electron chi connectivity index (χ3n) is 3.51. The summed E-state index contributed by atoms with van der Waals surface area (Å²) in [5.41, 5.74) is -1.07. The number of rotatable bonds is 2. The first-order valence-corrected chi connectivity index (χ1v) is 7.60. The molecule has 1 aromatic heterocycles. The fraction of sp³-hybridized carbons (Fsp3) is 0.588. The van der Waals surface area contributed by atoms with Crippen LogP contribution in [0.1, 0.15) is 68.7 Å². The standard InChI is InChI=1S/C17H23NO3/c1-17(2,20)12-11-14-9-10-15(21-14)16(19)18-13-7-5-3-4-6-8-13/h9-10,13,20H,3-8H2,1-2H3,(H,18,19). The van der Waals surface area contributed by atoms with Gasteiger partial charge in [-0.05, 0) is 44.7 Å². The zero-order valence-electron chi connectivity index (χ0n) is 12.7. The van der Waals surface area contributed by atoms with Crippen molar-refractivity contribution in [2.75, 3.05) is 0 Å². The van der Waals surface area contributed by atoms with Gasteiger partial charge in [0.2, 0.25) is 0 Å². The summed E-state index contributed by atoms with van der Waals surface area (Å²) in [4.78, 5) is 12.1. The lowest BCUT2D eigenvalue weighted by atomic mass is 10.1. The summed E-state index contributed by atoms with van der Waals surface area (Å²) in [6, 6.07) is 3.53. The van der Waals surface area contributed by atoms with Crippen LogP contribution in [0, 0.1) is 11.8 Å². The number of hydrogen-bond acceptors (Lipinski definition) is 3. The Balaban J connectivity index is 1.96. The topological polar surface area (TPSA) is 62.5 Å². The van der Waals surface area contributed by atoms with Crippen molar-refractivity contribution in [3.8, 4) is 11.8 Å². The van der Waals surface area contributed by atoms with Crippen LogP contribution < -0.4 is 5.32 Å². The molecule has 0 bridgehead atoms. The van der Waals surface area contributed by atoms with Crippen LogP contribution in [0.15, 0.2) is 16.5 Å². The quantitative estimate of drug-likeness (QED) is 0.650. The van der Waals surface area contributed by atoms with Crippen molar-refractivity contribution in [3.05, 3.63) is 23.7 Å². The fourth-order valence-corrected chi connectivity index (χ4v) is 2.42. The normalized spacial score (nSPS) is 16.7.